The predicted octanol–water partition coefficient (Wildman–Crippen LogP) is 1.91. The van der Waals surface area contributed by atoms with E-state index in [1.54, 1.807) is 13.3 Å². The van der Waals surface area contributed by atoms with E-state index in [1.165, 1.54) is 0 Å². The second-order valence-corrected chi connectivity index (χ2v) is 5.33. The van der Waals surface area contributed by atoms with Crippen LogP contribution in [0.4, 0.5) is 5.69 Å². The molecule has 1 aromatic rings. The van der Waals surface area contributed by atoms with Gasteiger partial charge in [0.1, 0.15) is 6.61 Å². The molecule has 0 radical (unpaired) electrons. The summed E-state index contributed by atoms with van der Waals surface area (Å²) in [5.41, 5.74) is 1.15. The molecule has 1 rings (SSSR count). The molecule has 0 saturated carbocycles. The van der Waals surface area contributed by atoms with Gasteiger partial charge in [-0.3, -0.25) is 0 Å². The fourth-order valence-electron chi connectivity index (χ4n) is 1.44. The molecule has 0 bridgehead atoms. The Kier molecular flexibility index (Phi) is 6.59. The minimum Gasteiger partial charge on any atom is -0.475 e. The van der Waals surface area contributed by atoms with Crippen LogP contribution >= 0.6 is 0 Å². The standard InChI is InChI=1S/C14H25N3O2/c1-14(2,3)17-8-7-15-12-5-6-13(16-11-12)19-10-9-18-4/h5-6,11,15,17H,7-10H2,1-4H3. The van der Waals surface area contributed by atoms with Crippen LogP contribution < -0.4 is 15.4 Å². The van der Waals surface area contributed by atoms with Crippen molar-refractivity contribution in [2.24, 2.45) is 0 Å². The quantitative estimate of drug-likeness (QED) is 0.705. The molecule has 0 aliphatic heterocycles. The highest BCUT2D eigenvalue weighted by Crippen LogP contribution is 2.11. The summed E-state index contributed by atoms with van der Waals surface area (Å²) in [6.45, 7) is 9.33. The predicted molar refractivity (Wildman–Crippen MR) is 77.9 cm³/mol. The van der Waals surface area contributed by atoms with Gasteiger partial charge in [-0.2, -0.15) is 0 Å². The molecule has 0 saturated heterocycles. The third-order valence-corrected chi connectivity index (χ3v) is 2.38. The van der Waals surface area contributed by atoms with Crippen LogP contribution in [0.1, 0.15) is 20.8 Å². The zero-order chi connectivity index (χ0) is 14.1. The Balaban J connectivity index is 2.24. The number of nitrogens with one attached hydrogen (secondary N) is 2. The van der Waals surface area contributed by atoms with Gasteiger partial charge >= 0.3 is 0 Å². The summed E-state index contributed by atoms with van der Waals surface area (Å²) in [4.78, 5) is 4.22. The molecule has 0 unspecified atom stereocenters. The van der Waals surface area contributed by atoms with Crippen LogP contribution in [-0.2, 0) is 4.74 Å². The molecule has 2 N–H and O–H groups in total. The highest BCUT2D eigenvalue weighted by atomic mass is 16.5. The Bertz CT molecular complexity index is 347. The molecule has 0 aliphatic rings. The number of ether oxygens (including phenoxy) is 2. The number of hydrogen-bond acceptors (Lipinski definition) is 5. The van der Waals surface area contributed by atoms with E-state index in [2.05, 4.69) is 36.4 Å². The Hall–Kier alpha value is -1.33. The number of aromatic nitrogens is 1. The largest absolute Gasteiger partial charge is 0.475 e. The summed E-state index contributed by atoms with van der Waals surface area (Å²) in [5.74, 6) is 0.621. The number of pyridine rings is 1. The molecule has 0 spiro atoms. The molecule has 0 amide bonds. The lowest BCUT2D eigenvalue weighted by molar-refractivity contribution is 0.144. The number of nitrogens with zero attached hydrogens (tertiary/aromatic N) is 1. The molecular formula is C14H25N3O2. The summed E-state index contributed by atoms with van der Waals surface area (Å²) in [6, 6.07) is 3.82. The van der Waals surface area contributed by atoms with E-state index in [0.29, 0.717) is 19.1 Å². The van der Waals surface area contributed by atoms with Crippen molar-refractivity contribution in [3.8, 4) is 5.88 Å². The van der Waals surface area contributed by atoms with Gasteiger partial charge in [-0.05, 0) is 26.8 Å². The molecule has 108 valence electrons. The SMILES string of the molecule is COCCOc1ccc(NCCNC(C)(C)C)cn1. The first-order valence-electron chi connectivity index (χ1n) is 6.58. The van der Waals surface area contributed by atoms with Crippen molar-refractivity contribution in [2.45, 2.75) is 26.3 Å². The van der Waals surface area contributed by atoms with E-state index in [-0.39, 0.29) is 5.54 Å². The number of anilines is 1. The number of hydrogen-bond donors (Lipinski definition) is 2. The van der Waals surface area contributed by atoms with Gasteiger partial charge < -0.3 is 20.1 Å². The summed E-state index contributed by atoms with van der Waals surface area (Å²) in [7, 11) is 1.65. The fourth-order valence-corrected chi connectivity index (χ4v) is 1.44. The molecular weight excluding hydrogens is 242 g/mol. The first kappa shape index (κ1) is 15.7. The summed E-state index contributed by atoms with van der Waals surface area (Å²) < 4.78 is 10.3. The van der Waals surface area contributed by atoms with E-state index in [9.17, 15) is 0 Å². The smallest absolute Gasteiger partial charge is 0.213 e. The lowest BCUT2D eigenvalue weighted by Gasteiger charge is -2.20. The van der Waals surface area contributed by atoms with Gasteiger partial charge in [-0.25, -0.2) is 4.98 Å². The maximum atomic E-state index is 5.40. The summed E-state index contributed by atoms with van der Waals surface area (Å²) in [5, 5.41) is 6.72. The van der Waals surface area contributed by atoms with E-state index < -0.39 is 0 Å². The Morgan fingerprint density at radius 2 is 1.95 bits per heavy atom. The topological polar surface area (TPSA) is 55.4 Å². The normalized spacial score (nSPS) is 11.4. The van der Waals surface area contributed by atoms with Crippen LogP contribution in [-0.4, -0.2) is 43.9 Å². The average Bonchev–Trinajstić information content (AvgIpc) is 2.36. The molecule has 0 aromatic carbocycles. The van der Waals surface area contributed by atoms with Crippen molar-refractivity contribution < 1.29 is 9.47 Å². The fraction of sp³-hybridized carbons (Fsp3) is 0.643. The van der Waals surface area contributed by atoms with Gasteiger partial charge in [-0.1, -0.05) is 0 Å². The van der Waals surface area contributed by atoms with Gasteiger partial charge in [0.15, 0.2) is 0 Å². The molecule has 19 heavy (non-hydrogen) atoms. The number of methoxy groups -OCH3 is 1. The van der Waals surface area contributed by atoms with Crippen LogP contribution in [0.3, 0.4) is 0 Å². The number of rotatable bonds is 8. The van der Waals surface area contributed by atoms with Gasteiger partial charge in [0.25, 0.3) is 0 Å². The Labute approximate surface area is 115 Å². The van der Waals surface area contributed by atoms with Crippen LogP contribution in [0, 0.1) is 0 Å². The zero-order valence-corrected chi connectivity index (χ0v) is 12.3. The first-order valence-corrected chi connectivity index (χ1v) is 6.58. The van der Waals surface area contributed by atoms with Crippen LogP contribution in [0.5, 0.6) is 5.88 Å². The Morgan fingerprint density at radius 3 is 2.53 bits per heavy atom. The molecule has 0 aliphatic carbocycles. The lowest BCUT2D eigenvalue weighted by Crippen LogP contribution is -2.38. The minimum absolute atomic E-state index is 0.152. The van der Waals surface area contributed by atoms with Crippen molar-refractivity contribution in [3.05, 3.63) is 18.3 Å². The second-order valence-electron chi connectivity index (χ2n) is 5.33. The highest BCUT2D eigenvalue weighted by Gasteiger charge is 2.06. The first-order chi connectivity index (χ1) is 9.01. The van der Waals surface area contributed by atoms with Crippen molar-refractivity contribution in [1.29, 1.82) is 0 Å². The van der Waals surface area contributed by atoms with Crippen LogP contribution in [0.15, 0.2) is 18.3 Å². The van der Waals surface area contributed by atoms with E-state index in [1.807, 2.05) is 12.1 Å². The van der Waals surface area contributed by atoms with Crippen molar-refractivity contribution >= 4 is 5.69 Å². The third kappa shape index (κ3) is 7.64. The lowest BCUT2D eigenvalue weighted by atomic mass is 10.1. The average molecular weight is 267 g/mol. The van der Waals surface area contributed by atoms with E-state index in [4.69, 9.17) is 9.47 Å². The molecule has 5 heteroatoms. The van der Waals surface area contributed by atoms with E-state index in [0.717, 1.165) is 18.8 Å². The van der Waals surface area contributed by atoms with Crippen molar-refractivity contribution in [1.82, 2.24) is 10.3 Å². The summed E-state index contributed by atoms with van der Waals surface area (Å²) >= 11 is 0. The monoisotopic (exact) mass is 267 g/mol. The van der Waals surface area contributed by atoms with Gasteiger partial charge in [0, 0.05) is 31.8 Å². The maximum Gasteiger partial charge on any atom is 0.213 e. The Morgan fingerprint density at radius 1 is 1.16 bits per heavy atom. The molecule has 1 heterocycles. The van der Waals surface area contributed by atoms with Crippen molar-refractivity contribution in [2.75, 3.05) is 38.7 Å². The maximum absolute atomic E-state index is 5.40. The van der Waals surface area contributed by atoms with Gasteiger partial charge in [0.05, 0.1) is 18.5 Å². The zero-order valence-electron chi connectivity index (χ0n) is 12.3. The van der Waals surface area contributed by atoms with E-state index >= 15 is 0 Å². The van der Waals surface area contributed by atoms with Crippen molar-refractivity contribution in [3.63, 3.8) is 0 Å². The molecule has 5 nitrogen and oxygen atoms in total. The summed E-state index contributed by atoms with van der Waals surface area (Å²) in [6.07, 6.45) is 1.78. The third-order valence-electron chi connectivity index (χ3n) is 2.38. The molecule has 1 aromatic heterocycles. The van der Waals surface area contributed by atoms with Crippen LogP contribution in [0.25, 0.3) is 0 Å². The van der Waals surface area contributed by atoms with Gasteiger partial charge in [-0.15, -0.1) is 0 Å². The highest BCUT2D eigenvalue weighted by molar-refractivity contribution is 5.41. The molecule has 0 fully saturated rings. The van der Waals surface area contributed by atoms with Crippen LogP contribution in [0.2, 0.25) is 0 Å². The second kappa shape index (κ2) is 7.96. The molecule has 0 atom stereocenters. The van der Waals surface area contributed by atoms with Gasteiger partial charge in [0.2, 0.25) is 5.88 Å². The minimum atomic E-state index is 0.152.